The summed E-state index contributed by atoms with van der Waals surface area (Å²) in [5.74, 6) is 0.441. The molecule has 0 saturated heterocycles. The monoisotopic (exact) mass is 274 g/mol. The average molecular weight is 274 g/mol. The first-order valence-corrected chi connectivity index (χ1v) is 7.38. The molecule has 1 aromatic carbocycles. The number of carbonyl (C=O) groups is 1. The Bertz CT molecular complexity index is 575. The van der Waals surface area contributed by atoms with Gasteiger partial charge in [0.2, 0.25) is 0 Å². The number of carboxylic acids is 1. The van der Waals surface area contributed by atoms with Gasteiger partial charge in [0.25, 0.3) is 0 Å². The molecule has 1 heterocycles. The molecule has 0 amide bonds. The van der Waals surface area contributed by atoms with Gasteiger partial charge in [-0.3, -0.25) is 4.79 Å². The van der Waals surface area contributed by atoms with Gasteiger partial charge in [0.05, 0.1) is 11.0 Å². The number of hydrogen-bond donors (Lipinski definition) is 1. The van der Waals surface area contributed by atoms with Crippen LogP contribution in [-0.4, -0.2) is 20.6 Å². The molecule has 4 heteroatoms. The van der Waals surface area contributed by atoms with Gasteiger partial charge in [0.1, 0.15) is 5.82 Å². The van der Waals surface area contributed by atoms with E-state index in [1.807, 2.05) is 12.1 Å². The van der Waals surface area contributed by atoms with Crippen LogP contribution in [-0.2, 0) is 17.8 Å². The Morgan fingerprint density at radius 1 is 1.25 bits per heavy atom. The van der Waals surface area contributed by atoms with Gasteiger partial charge in [0.15, 0.2) is 0 Å². The van der Waals surface area contributed by atoms with Gasteiger partial charge < -0.3 is 9.67 Å². The van der Waals surface area contributed by atoms with Crippen LogP contribution >= 0.6 is 0 Å². The second-order valence-electron chi connectivity index (χ2n) is 5.12. The highest BCUT2D eigenvalue weighted by atomic mass is 16.4. The van der Waals surface area contributed by atoms with Crippen molar-refractivity contribution < 1.29 is 9.90 Å². The van der Waals surface area contributed by atoms with E-state index in [1.54, 1.807) is 0 Å². The summed E-state index contributed by atoms with van der Waals surface area (Å²) in [5, 5.41) is 8.64. The largest absolute Gasteiger partial charge is 0.481 e. The molecule has 0 atom stereocenters. The lowest BCUT2D eigenvalue weighted by atomic mass is 10.2. The summed E-state index contributed by atoms with van der Waals surface area (Å²) < 4.78 is 2.29. The minimum absolute atomic E-state index is 0.270. The second-order valence-corrected chi connectivity index (χ2v) is 5.12. The summed E-state index contributed by atoms with van der Waals surface area (Å²) in [6, 6.07) is 8.22. The second kappa shape index (κ2) is 7.08. The van der Waals surface area contributed by atoms with Gasteiger partial charge >= 0.3 is 5.97 Å². The number of rotatable bonds is 8. The van der Waals surface area contributed by atoms with E-state index in [9.17, 15) is 4.79 Å². The fourth-order valence-corrected chi connectivity index (χ4v) is 2.51. The molecule has 2 rings (SSSR count). The molecule has 0 unspecified atom stereocenters. The van der Waals surface area contributed by atoms with E-state index in [0.717, 1.165) is 50.0 Å². The highest BCUT2D eigenvalue weighted by molar-refractivity contribution is 5.75. The van der Waals surface area contributed by atoms with Gasteiger partial charge in [-0.2, -0.15) is 0 Å². The molecule has 0 aliphatic carbocycles. The van der Waals surface area contributed by atoms with Crippen molar-refractivity contribution in [3.05, 3.63) is 30.1 Å². The zero-order chi connectivity index (χ0) is 14.4. The Morgan fingerprint density at radius 3 is 2.80 bits per heavy atom. The molecule has 20 heavy (non-hydrogen) atoms. The number of aliphatic carboxylic acids is 1. The SMILES string of the molecule is CCCc1nc2ccccc2n1CCCCCC(=O)O. The summed E-state index contributed by atoms with van der Waals surface area (Å²) in [5.41, 5.74) is 2.25. The molecule has 4 nitrogen and oxygen atoms in total. The van der Waals surface area contributed by atoms with Crippen LogP contribution in [0.5, 0.6) is 0 Å². The lowest BCUT2D eigenvalue weighted by Gasteiger charge is -2.08. The zero-order valence-electron chi connectivity index (χ0n) is 12.0. The number of fused-ring (bicyclic) bond motifs is 1. The van der Waals surface area contributed by atoms with E-state index in [-0.39, 0.29) is 6.42 Å². The molecular weight excluding hydrogens is 252 g/mol. The number of para-hydroxylation sites is 2. The first-order valence-electron chi connectivity index (χ1n) is 7.38. The summed E-state index contributed by atoms with van der Waals surface area (Å²) in [4.78, 5) is 15.2. The van der Waals surface area contributed by atoms with E-state index in [0.29, 0.717) is 0 Å². The van der Waals surface area contributed by atoms with Crippen LogP contribution in [0.3, 0.4) is 0 Å². The van der Waals surface area contributed by atoms with Gasteiger partial charge in [0, 0.05) is 19.4 Å². The Labute approximate surface area is 119 Å². The molecule has 0 fully saturated rings. The molecule has 0 spiro atoms. The predicted molar refractivity (Wildman–Crippen MR) is 79.8 cm³/mol. The molecule has 2 aromatic rings. The maximum absolute atomic E-state index is 10.5. The number of hydrogen-bond acceptors (Lipinski definition) is 2. The molecule has 1 aromatic heterocycles. The van der Waals surface area contributed by atoms with Crippen LogP contribution in [0.4, 0.5) is 0 Å². The van der Waals surface area contributed by atoms with Crippen LogP contribution in [0.1, 0.15) is 44.9 Å². The van der Waals surface area contributed by atoms with E-state index in [4.69, 9.17) is 10.1 Å². The van der Waals surface area contributed by atoms with Gasteiger partial charge in [-0.25, -0.2) is 4.98 Å². The van der Waals surface area contributed by atoms with E-state index in [2.05, 4.69) is 23.6 Å². The highest BCUT2D eigenvalue weighted by Gasteiger charge is 2.09. The third-order valence-electron chi connectivity index (χ3n) is 3.48. The van der Waals surface area contributed by atoms with Gasteiger partial charge in [-0.1, -0.05) is 25.5 Å². The molecule has 1 N–H and O–H groups in total. The van der Waals surface area contributed by atoms with Crippen LogP contribution in [0.2, 0.25) is 0 Å². The number of unbranched alkanes of at least 4 members (excludes halogenated alkanes) is 2. The third-order valence-corrected chi connectivity index (χ3v) is 3.48. The van der Waals surface area contributed by atoms with Gasteiger partial charge in [-0.05, 0) is 31.4 Å². The fraction of sp³-hybridized carbons (Fsp3) is 0.500. The Hall–Kier alpha value is -1.84. The van der Waals surface area contributed by atoms with E-state index >= 15 is 0 Å². The quantitative estimate of drug-likeness (QED) is 0.748. The normalized spacial score (nSPS) is 11.1. The number of benzene rings is 1. The van der Waals surface area contributed by atoms with Crippen molar-refractivity contribution in [1.82, 2.24) is 9.55 Å². The van der Waals surface area contributed by atoms with Crippen molar-refractivity contribution in [3.63, 3.8) is 0 Å². The molecular formula is C16H22N2O2. The fourth-order valence-electron chi connectivity index (χ4n) is 2.51. The molecule has 0 radical (unpaired) electrons. The van der Waals surface area contributed by atoms with Crippen molar-refractivity contribution in [2.24, 2.45) is 0 Å². The van der Waals surface area contributed by atoms with Crippen molar-refractivity contribution in [2.75, 3.05) is 0 Å². The van der Waals surface area contributed by atoms with Crippen LogP contribution in [0, 0.1) is 0 Å². The molecule has 0 aliphatic rings. The standard InChI is InChI=1S/C16H22N2O2/c1-2-8-15-17-13-9-5-6-10-14(13)18(15)12-7-3-4-11-16(19)20/h5-6,9-10H,2-4,7-8,11-12H2,1H3,(H,19,20). The predicted octanol–water partition coefficient (Wildman–Crippen LogP) is 3.63. The van der Waals surface area contributed by atoms with Crippen molar-refractivity contribution >= 4 is 17.0 Å². The Morgan fingerprint density at radius 2 is 2.05 bits per heavy atom. The number of nitrogens with zero attached hydrogens (tertiary/aromatic N) is 2. The minimum Gasteiger partial charge on any atom is -0.481 e. The van der Waals surface area contributed by atoms with Crippen LogP contribution < -0.4 is 0 Å². The maximum Gasteiger partial charge on any atom is 0.303 e. The number of aryl methyl sites for hydroxylation is 2. The number of aromatic nitrogens is 2. The van der Waals surface area contributed by atoms with Crippen molar-refractivity contribution in [1.29, 1.82) is 0 Å². The van der Waals surface area contributed by atoms with Crippen molar-refractivity contribution in [3.8, 4) is 0 Å². The average Bonchev–Trinajstić information content (AvgIpc) is 2.76. The van der Waals surface area contributed by atoms with Crippen LogP contribution in [0.25, 0.3) is 11.0 Å². The molecule has 0 aliphatic heterocycles. The Balaban J connectivity index is 2.03. The van der Waals surface area contributed by atoms with Crippen molar-refractivity contribution in [2.45, 2.75) is 52.0 Å². The lowest BCUT2D eigenvalue weighted by Crippen LogP contribution is -2.04. The first-order chi connectivity index (χ1) is 9.72. The maximum atomic E-state index is 10.5. The van der Waals surface area contributed by atoms with E-state index in [1.165, 1.54) is 5.52 Å². The Kier molecular flexibility index (Phi) is 5.16. The first kappa shape index (κ1) is 14.6. The summed E-state index contributed by atoms with van der Waals surface area (Å²) in [6.07, 6.45) is 5.05. The summed E-state index contributed by atoms with van der Waals surface area (Å²) >= 11 is 0. The number of carboxylic acid groups (broad SMARTS) is 1. The minimum atomic E-state index is -0.704. The van der Waals surface area contributed by atoms with E-state index < -0.39 is 5.97 Å². The lowest BCUT2D eigenvalue weighted by molar-refractivity contribution is -0.137. The topological polar surface area (TPSA) is 55.1 Å². The zero-order valence-corrected chi connectivity index (χ0v) is 12.0. The summed E-state index contributed by atoms with van der Waals surface area (Å²) in [7, 11) is 0. The smallest absolute Gasteiger partial charge is 0.303 e. The van der Waals surface area contributed by atoms with Gasteiger partial charge in [-0.15, -0.1) is 0 Å². The molecule has 108 valence electrons. The third kappa shape index (κ3) is 3.59. The molecule has 0 saturated carbocycles. The summed E-state index contributed by atoms with van der Waals surface area (Å²) in [6.45, 7) is 3.09. The van der Waals surface area contributed by atoms with Crippen LogP contribution in [0.15, 0.2) is 24.3 Å². The molecule has 0 bridgehead atoms. The highest BCUT2D eigenvalue weighted by Crippen LogP contribution is 2.18. The number of imidazole rings is 1.